The average Bonchev–Trinajstić information content (AvgIpc) is 3.27. The first-order chi connectivity index (χ1) is 16.0. The maximum absolute atomic E-state index is 12.9. The first kappa shape index (κ1) is 23.5. The normalized spacial score (nSPS) is 13.8. The Hall–Kier alpha value is -2.62. The molecule has 3 aromatic rings. The van der Waals surface area contributed by atoms with Gasteiger partial charge in [0, 0.05) is 48.0 Å². The van der Waals surface area contributed by atoms with Gasteiger partial charge in [0.1, 0.15) is 5.82 Å². The Morgan fingerprint density at radius 1 is 1.06 bits per heavy atom. The van der Waals surface area contributed by atoms with E-state index in [1.165, 1.54) is 47.4 Å². The molecule has 0 aliphatic carbocycles. The number of nitrogens with one attached hydrogen (secondary N) is 1. The predicted octanol–water partition coefficient (Wildman–Crippen LogP) is 4.56. The average molecular weight is 505 g/mol. The van der Waals surface area contributed by atoms with Crippen LogP contribution in [0.3, 0.4) is 0 Å². The number of carbonyl (C=O) groups is 2. The second-order valence-corrected chi connectivity index (χ2v) is 9.99. The predicted molar refractivity (Wildman–Crippen MR) is 132 cm³/mol. The van der Waals surface area contributed by atoms with Crippen molar-refractivity contribution in [3.63, 3.8) is 0 Å². The third-order valence-corrected chi connectivity index (χ3v) is 7.46. The van der Waals surface area contributed by atoms with Crippen LogP contribution in [0.5, 0.6) is 0 Å². The molecule has 1 saturated heterocycles. The highest BCUT2D eigenvalue weighted by atomic mass is 35.5. The molecule has 2 heterocycles. The van der Waals surface area contributed by atoms with Gasteiger partial charge in [-0.05, 0) is 48.5 Å². The molecule has 172 valence electrons. The van der Waals surface area contributed by atoms with Crippen molar-refractivity contribution in [3.05, 3.63) is 70.4 Å². The van der Waals surface area contributed by atoms with E-state index < -0.39 is 0 Å². The standard InChI is InChI=1S/C23H22ClFN4O2S2/c24-16-1-7-20(8-2-16)28-9-11-29(12-10-28)22(31)13-19-14-32-23(27-19)33-15-21(30)26-18-5-3-17(25)4-6-18/h1-8,14H,9-13,15H2,(H,26,30). The van der Waals surface area contributed by atoms with Gasteiger partial charge in [-0.1, -0.05) is 23.4 Å². The van der Waals surface area contributed by atoms with Crippen molar-refractivity contribution in [3.8, 4) is 0 Å². The van der Waals surface area contributed by atoms with Gasteiger partial charge < -0.3 is 15.1 Å². The van der Waals surface area contributed by atoms with Gasteiger partial charge in [0.25, 0.3) is 0 Å². The fraction of sp³-hybridized carbons (Fsp3) is 0.261. The van der Waals surface area contributed by atoms with E-state index in [1.807, 2.05) is 34.5 Å². The fourth-order valence-electron chi connectivity index (χ4n) is 3.43. The molecule has 4 rings (SSSR count). The Bertz CT molecular complexity index is 1100. The molecule has 6 nitrogen and oxygen atoms in total. The zero-order chi connectivity index (χ0) is 23.2. The number of rotatable bonds is 7. The molecular formula is C23H22ClFN4O2S2. The van der Waals surface area contributed by atoms with Crippen LogP contribution in [-0.4, -0.2) is 53.6 Å². The number of piperazine rings is 1. The van der Waals surface area contributed by atoms with Crippen LogP contribution in [0.1, 0.15) is 5.69 Å². The van der Waals surface area contributed by atoms with Crippen molar-refractivity contribution < 1.29 is 14.0 Å². The minimum atomic E-state index is -0.351. The molecule has 1 N–H and O–H groups in total. The summed E-state index contributed by atoms with van der Waals surface area (Å²) >= 11 is 8.69. The summed E-state index contributed by atoms with van der Waals surface area (Å²) in [5, 5.41) is 5.29. The van der Waals surface area contributed by atoms with Crippen molar-refractivity contribution >= 4 is 57.9 Å². The van der Waals surface area contributed by atoms with Crippen molar-refractivity contribution in [2.45, 2.75) is 10.8 Å². The molecule has 10 heteroatoms. The molecule has 0 saturated carbocycles. The third kappa shape index (κ3) is 6.69. The number of halogens is 2. The zero-order valence-corrected chi connectivity index (χ0v) is 20.1. The molecule has 0 atom stereocenters. The largest absolute Gasteiger partial charge is 0.368 e. The van der Waals surface area contributed by atoms with Crippen LogP contribution in [-0.2, 0) is 16.0 Å². The van der Waals surface area contributed by atoms with E-state index in [0.717, 1.165) is 23.1 Å². The summed E-state index contributed by atoms with van der Waals surface area (Å²) in [6.45, 7) is 2.87. The van der Waals surface area contributed by atoms with Gasteiger partial charge in [-0.15, -0.1) is 11.3 Å². The van der Waals surface area contributed by atoms with Crippen molar-refractivity contribution in [2.24, 2.45) is 0 Å². The molecule has 2 amide bonds. The van der Waals surface area contributed by atoms with E-state index in [9.17, 15) is 14.0 Å². The lowest BCUT2D eigenvalue weighted by Gasteiger charge is -2.36. The zero-order valence-electron chi connectivity index (χ0n) is 17.7. The number of thiazole rings is 1. The Balaban J connectivity index is 1.21. The quantitative estimate of drug-likeness (QED) is 0.478. The summed E-state index contributed by atoms with van der Waals surface area (Å²) in [4.78, 5) is 33.4. The molecule has 2 aromatic carbocycles. The number of hydrogen-bond acceptors (Lipinski definition) is 6. The summed E-state index contributed by atoms with van der Waals surface area (Å²) in [5.41, 5.74) is 2.37. The molecule has 1 fully saturated rings. The minimum absolute atomic E-state index is 0.0571. The lowest BCUT2D eigenvalue weighted by atomic mass is 10.2. The molecule has 1 aromatic heterocycles. The van der Waals surface area contributed by atoms with Crippen LogP contribution in [0.25, 0.3) is 0 Å². The van der Waals surface area contributed by atoms with E-state index >= 15 is 0 Å². The number of nitrogens with zero attached hydrogens (tertiary/aromatic N) is 3. The summed E-state index contributed by atoms with van der Waals surface area (Å²) in [6.07, 6.45) is 0.250. The summed E-state index contributed by atoms with van der Waals surface area (Å²) in [6, 6.07) is 13.4. The van der Waals surface area contributed by atoms with Crippen LogP contribution in [0, 0.1) is 5.82 Å². The smallest absolute Gasteiger partial charge is 0.234 e. The van der Waals surface area contributed by atoms with Gasteiger partial charge in [-0.3, -0.25) is 9.59 Å². The van der Waals surface area contributed by atoms with Crippen molar-refractivity contribution in [1.82, 2.24) is 9.88 Å². The van der Waals surface area contributed by atoms with Gasteiger partial charge in [0.05, 0.1) is 17.9 Å². The first-order valence-corrected chi connectivity index (χ1v) is 12.6. The van der Waals surface area contributed by atoms with Crippen LogP contribution >= 0.6 is 34.7 Å². The lowest BCUT2D eigenvalue weighted by molar-refractivity contribution is -0.130. The summed E-state index contributed by atoms with van der Waals surface area (Å²) < 4.78 is 13.7. The molecule has 1 aliphatic rings. The number of anilines is 2. The second kappa shape index (κ2) is 11.0. The highest BCUT2D eigenvalue weighted by Gasteiger charge is 2.22. The van der Waals surface area contributed by atoms with Gasteiger partial charge in [-0.2, -0.15) is 0 Å². The van der Waals surface area contributed by atoms with E-state index in [2.05, 4.69) is 15.2 Å². The number of amides is 2. The lowest BCUT2D eigenvalue weighted by Crippen LogP contribution is -2.49. The van der Waals surface area contributed by atoms with Crippen LogP contribution in [0.2, 0.25) is 5.02 Å². The van der Waals surface area contributed by atoms with E-state index in [1.54, 1.807) is 0 Å². The number of benzene rings is 2. The van der Waals surface area contributed by atoms with E-state index in [-0.39, 0.29) is 29.8 Å². The van der Waals surface area contributed by atoms with Gasteiger partial charge in [0.15, 0.2) is 4.34 Å². The van der Waals surface area contributed by atoms with Gasteiger partial charge in [-0.25, -0.2) is 9.37 Å². The Labute approximate surface area is 204 Å². The number of aromatic nitrogens is 1. The van der Waals surface area contributed by atoms with Crippen molar-refractivity contribution in [1.29, 1.82) is 0 Å². The fourth-order valence-corrected chi connectivity index (χ4v) is 5.20. The molecule has 0 radical (unpaired) electrons. The Morgan fingerprint density at radius 3 is 2.45 bits per heavy atom. The monoisotopic (exact) mass is 504 g/mol. The van der Waals surface area contributed by atoms with Crippen molar-refractivity contribution in [2.75, 3.05) is 42.1 Å². The maximum Gasteiger partial charge on any atom is 0.234 e. The van der Waals surface area contributed by atoms with E-state index in [4.69, 9.17) is 11.6 Å². The number of hydrogen-bond donors (Lipinski definition) is 1. The number of carbonyl (C=O) groups excluding carboxylic acids is 2. The van der Waals surface area contributed by atoms with Crippen LogP contribution in [0.15, 0.2) is 58.3 Å². The maximum atomic E-state index is 12.9. The topological polar surface area (TPSA) is 65.5 Å². The Kier molecular flexibility index (Phi) is 7.85. The summed E-state index contributed by atoms with van der Waals surface area (Å²) in [5.74, 6) is -0.305. The van der Waals surface area contributed by atoms with Gasteiger partial charge in [0.2, 0.25) is 11.8 Å². The third-order valence-electron chi connectivity index (χ3n) is 5.14. The first-order valence-electron chi connectivity index (χ1n) is 10.4. The minimum Gasteiger partial charge on any atom is -0.368 e. The summed E-state index contributed by atoms with van der Waals surface area (Å²) in [7, 11) is 0. The number of thioether (sulfide) groups is 1. The molecule has 0 spiro atoms. The molecule has 33 heavy (non-hydrogen) atoms. The van der Waals surface area contributed by atoms with E-state index in [0.29, 0.717) is 29.5 Å². The molecule has 0 unspecified atom stereocenters. The highest BCUT2D eigenvalue weighted by Crippen LogP contribution is 2.24. The van der Waals surface area contributed by atoms with Crippen LogP contribution in [0.4, 0.5) is 15.8 Å². The highest BCUT2D eigenvalue weighted by molar-refractivity contribution is 8.01. The van der Waals surface area contributed by atoms with Gasteiger partial charge >= 0.3 is 0 Å². The molecule has 0 bridgehead atoms. The van der Waals surface area contributed by atoms with Crippen LogP contribution < -0.4 is 10.2 Å². The molecular weight excluding hydrogens is 483 g/mol. The molecule has 1 aliphatic heterocycles. The SMILES string of the molecule is O=C(CSc1nc(CC(=O)N2CCN(c3ccc(Cl)cc3)CC2)cs1)Nc1ccc(F)cc1. The Morgan fingerprint density at radius 2 is 1.76 bits per heavy atom. The second-order valence-electron chi connectivity index (χ2n) is 7.47.